The average molecular weight is 889 g/mol. The Morgan fingerprint density at radius 2 is 1.47 bits per heavy atom. The number of nitrogens with one attached hydrogen (secondary N) is 3. The van der Waals surface area contributed by atoms with E-state index in [0.717, 1.165) is 62.0 Å². The predicted molar refractivity (Wildman–Crippen MR) is 216 cm³/mol. The summed E-state index contributed by atoms with van der Waals surface area (Å²) in [4.78, 5) is 65.6. The number of fused-ring (bicyclic) bond motifs is 2. The summed E-state index contributed by atoms with van der Waals surface area (Å²) in [6.45, 7) is 5.44. The number of carbonyl (C=O) groups is 4. The molecule has 0 saturated carbocycles. The van der Waals surface area contributed by atoms with E-state index >= 15 is 0 Å². The SMILES string of the molecule is O=C1CCC(N2C(=O)c3ccc(N4CC(N5CCN(C6CCN(S(=O)(=O)Nc7ccc(Cl)cc7-c7nc8c(Cl)cc(C(F)(F)F)cc8[nH]7)CC6)CC5)C4)cc3C2=O)C(=O)N1. The number of nitrogens with zero attached hydrogens (tertiary/aromatic N) is 6. The molecule has 0 spiro atoms. The number of alkyl halides is 3. The molecule has 4 aromatic rings. The van der Waals surface area contributed by atoms with Crippen LogP contribution in [0.2, 0.25) is 10.0 Å². The van der Waals surface area contributed by atoms with Gasteiger partial charge in [-0.3, -0.25) is 43.9 Å². The molecule has 4 saturated heterocycles. The van der Waals surface area contributed by atoms with Gasteiger partial charge in [-0.15, -0.1) is 0 Å². The second kappa shape index (κ2) is 15.3. The van der Waals surface area contributed by atoms with E-state index in [1.807, 2.05) is 6.07 Å². The normalized spacial score (nSPS) is 21.8. The third kappa shape index (κ3) is 7.48. The zero-order chi connectivity index (χ0) is 42.2. The van der Waals surface area contributed by atoms with Crippen molar-refractivity contribution in [1.82, 2.24) is 34.3 Å². The van der Waals surface area contributed by atoms with E-state index < -0.39 is 51.6 Å². The second-order valence-corrected chi connectivity index (χ2v) is 18.2. The van der Waals surface area contributed by atoms with Crippen molar-refractivity contribution < 1.29 is 40.8 Å². The molecule has 60 heavy (non-hydrogen) atoms. The van der Waals surface area contributed by atoms with Crippen LogP contribution in [0.25, 0.3) is 22.4 Å². The topological polar surface area (TPSA) is 171 Å². The van der Waals surface area contributed by atoms with Crippen LogP contribution in [-0.2, 0) is 26.0 Å². The van der Waals surface area contributed by atoms with E-state index in [1.165, 1.54) is 22.5 Å². The number of piperazine rings is 1. The van der Waals surface area contributed by atoms with Crippen LogP contribution in [0.3, 0.4) is 0 Å². The van der Waals surface area contributed by atoms with Gasteiger partial charge < -0.3 is 9.88 Å². The molecule has 5 aliphatic rings. The monoisotopic (exact) mass is 887 g/mol. The van der Waals surface area contributed by atoms with Crippen LogP contribution in [0.15, 0.2) is 48.5 Å². The number of aromatic amines is 1. The molecule has 4 fully saturated rings. The number of rotatable bonds is 8. The van der Waals surface area contributed by atoms with Crippen LogP contribution >= 0.6 is 23.2 Å². The maximum absolute atomic E-state index is 13.7. The zero-order valence-electron chi connectivity index (χ0n) is 31.8. The fraction of sp³-hybridized carbons (Fsp3) is 0.410. The number of imide groups is 2. The third-order valence-electron chi connectivity index (χ3n) is 12.1. The minimum atomic E-state index is -4.63. The first-order valence-corrected chi connectivity index (χ1v) is 21.7. The lowest BCUT2D eigenvalue weighted by atomic mass is 10.0. The predicted octanol–water partition coefficient (Wildman–Crippen LogP) is 4.58. The lowest BCUT2D eigenvalue weighted by molar-refractivity contribution is -0.138. The first-order valence-electron chi connectivity index (χ1n) is 19.5. The molecule has 0 bridgehead atoms. The van der Waals surface area contributed by atoms with Gasteiger partial charge in [-0.2, -0.15) is 25.9 Å². The van der Waals surface area contributed by atoms with Crippen molar-refractivity contribution in [2.24, 2.45) is 0 Å². The van der Waals surface area contributed by atoms with Gasteiger partial charge in [0.25, 0.3) is 11.8 Å². The molecule has 6 heterocycles. The Balaban J connectivity index is 0.772. The van der Waals surface area contributed by atoms with Gasteiger partial charge in [0.2, 0.25) is 11.8 Å². The number of hydrogen-bond donors (Lipinski definition) is 3. The standard InChI is InChI=1S/C39H38Cl2F3N9O6S/c40-22-1-4-30(28(17-22)35-45-31-16-21(39(42,43)44)15-29(41)34(31)47-35)48-60(58,59)52-9-7-23(8-10-52)49-11-13-50(14-12-49)25-19-51(20-25)24-2-3-26-27(18-24)38(57)53(37(26)56)32-5-6-33(54)46-36(32)55/h1-4,15-18,23,25,32,48H,5-14,19-20H2,(H,45,47)(H,46,54,55). The number of halogens is 5. The minimum absolute atomic E-state index is 0.0346. The average Bonchev–Trinajstić information content (AvgIpc) is 3.73. The molecule has 316 valence electrons. The Bertz CT molecular complexity index is 2550. The highest BCUT2D eigenvalue weighted by Crippen LogP contribution is 2.38. The zero-order valence-corrected chi connectivity index (χ0v) is 34.1. The molecule has 1 atom stereocenters. The fourth-order valence-electron chi connectivity index (χ4n) is 8.84. The van der Waals surface area contributed by atoms with Crippen LogP contribution in [0.1, 0.15) is 52.0 Å². The molecule has 0 radical (unpaired) electrons. The Hall–Kier alpha value is -4.79. The molecule has 4 amide bonds. The Labute approximate surface area is 351 Å². The van der Waals surface area contributed by atoms with Crippen molar-refractivity contribution in [1.29, 1.82) is 0 Å². The number of H-pyrrole nitrogens is 1. The molecule has 3 N–H and O–H groups in total. The number of anilines is 2. The van der Waals surface area contributed by atoms with Gasteiger partial charge in [-0.05, 0) is 67.8 Å². The van der Waals surface area contributed by atoms with Crippen molar-refractivity contribution >= 4 is 79.4 Å². The van der Waals surface area contributed by atoms with E-state index in [2.05, 4.69) is 34.7 Å². The molecule has 0 aliphatic carbocycles. The van der Waals surface area contributed by atoms with Gasteiger partial charge in [-0.1, -0.05) is 23.2 Å². The molecular formula is C39H38Cl2F3N9O6S. The highest BCUT2D eigenvalue weighted by atomic mass is 35.5. The summed E-state index contributed by atoms with van der Waals surface area (Å²) in [5.74, 6) is -2.03. The summed E-state index contributed by atoms with van der Waals surface area (Å²) < 4.78 is 71.7. The van der Waals surface area contributed by atoms with Crippen molar-refractivity contribution in [3.63, 3.8) is 0 Å². The quantitative estimate of drug-likeness (QED) is 0.213. The molecule has 15 nitrogen and oxygen atoms in total. The van der Waals surface area contributed by atoms with E-state index in [9.17, 15) is 40.8 Å². The number of aromatic nitrogens is 2. The minimum Gasteiger partial charge on any atom is -0.368 e. The number of benzene rings is 3. The Morgan fingerprint density at radius 3 is 2.15 bits per heavy atom. The summed E-state index contributed by atoms with van der Waals surface area (Å²) >= 11 is 12.4. The van der Waals surface area contributed by atoms with Crippen LogP contribution in [0.5, 0.6) is 0 Å². The largest absolute Gasteiger partial charge is 0.416 e. The van der Waals surface area contributed by atoms with E-state index in [1.54, 1.807) is 12.1 Å². The fourth-order valence-corrected chi connectivity index (χ4v) is 10.5. The summed E-state index contributed by atoms with van der Waals surface area (Å²) in [6.07, 6.45) is -3.20. The maximum Gasteiger partial charge on any atom is 0.416 e. The van der Waals surface area contributed by atoms with E-state index in [0.29, 0.717) is 32.0 Å². The van der Waals surface area contributed by atoms with Crippen LogP contribution in [0, 0.1) is 0 Å². The molecule has 1 unspecified atom stereocenters. The number of amides is 4. The number of imidazole rings is 1. The van der Waals surface area contributed by atoms with Crippen LogP contribution in [-0.4, -0.2) is 132 Å². The van der Waals surface area contributed by atoms with Crippen molar-refractivity contribution in [2.75, 3.05) is 62.0 Å². The van der Waals surface area contributed by atoms with Gasteiger partial charge in [-0.25, -0.2) is 4.98 Å². The lowest BCUT2D eigenvalue weighted by Gasteiger charge is -2.50. The number of piperidine rings is 2. The van der Waals surface area contributed by atoms with Crippen molar-refractivity contribution in [3.8, 4) is 11.4 Å². The molecule has 3 aromatic carbocycles. The highest BCUT2D eigenvalue weighted by Gasteiger charge is 2.45. The molecule has 5 aliphatic heterocycles. The number of carbonyl (C=O) groups excluding carboxylic acids is 4. The second-order valence-electron chi connectivity index (χ2n) is 15.7. The third-order valence-corrected chi connectivity index (χ3v) is 14.2. The summed E-state index contributed by atoms with van der Waals surface area (Å²) in [7, 11) is -4.04. The van der Waals surface area contributed by atoms with Crippen molar-refractivity contribution in [2.45, 2.75) is 50.0 Å². The van der Waals surface area contributed by atoms with Gasteiger partial charge >= 0.3 is 16.4 Å². The first kappa shape index (κ1) is 40.6. The Kier molecular flexibility index (Phi) is 10.3. The molecule has 9 rings (SSSR count). The number of hydrogen-bond acceptors (Lipinski definition) is 10. The van der Waals surface area contributed by atoms with Gasteiger partial charge in [0.1, 0.15) is 17.4 Å². The maximum atomic E-state index is 13.7. The summed E-state index contributed by atoms with van der Waals surface area (Å²) in [5.41, 5.74) is 0.898. The molecule has 1 aromatic heterocycles. The van der Waals surface area contributed by atoms with E-state index in [-0.39, 0.29) is 68.2 Å². The lowest BCUT2D eigenvalue weighted by Crippen LogP contribution is -2.64. The smallest absolute Gasteiger partial charge is 0.368 e. The van der Waals surface area contributed by atoms with Gasteiger partial charge in [0.15, 0.2) is 0 Å². The van der Waals surface area contributed by atoms with E-state index in [4.69, 9.17) is 23.2 Å². The molecule has 21 heteroatoms. The molecular weight excluding hydrogens is 850 g/mol. The summed E-state index contributed by atoms with van der Waals surface area (Å²) in [6, 6.07) is 10.8. The summed E-state index contributed by atoms with van der Waals surface area (Å²) in [5, 5.41) is 2.27. The van der Waals surface area contributed by atoms with Crippen LogP contribution in [0.4, 0.5) is 24.5 Å². The first-order chi connectivity index (χ1) is 28.5. The van der Waals surface area contributed by atoms with Crippen molar-refractivity contribution in [3.05, 3.63) is 75.3 Å². The van der Waals surface area contributed by atoms with Gasteiger partial charge in [0.05, 0.1) is 32.9 Å². The highest BCUT2D eigenvalue weighted by molar-refractivity contribution is 7.90. The Morgan fingerprint density at radius 1 is 0.783 bits per heavy atom. The van der Waals surface area contributed by atoms with Crippen LogP contribution < -0.4 is 14.9 Å². The van der Waals surface area contributed by atoms with Gasteiger partial charge in [0, 0.05) is 87.1 Å².